The van der Waals surface area contributed by atoms with E-state index in [0.29, 0.717) is 0 Å². The van der Waals surface area contributed by atoms with Gasteiger partial charge in [0, 0.05) is 0 Å². The van der Waals surface area contributed by atoms with E-state index in [1.165, 1.54) is 0 Å². The number of sulfonamides is 1. The lowest BCUT2D eigenvalue weighted by Gasteiger charge is -2.31. The molecule has 3 nitrogen and oxygen atoms in total. The molecule has 0 saturated carbocycles. The summed E-state index contributed by atoms with van der Waals surface area (Å²) >= 11 is 0. The molecule has 0 radical (unpaired) electrons. The minimum Gasteiger partial charge on any atom is -0.212 e. The minimum atomic E-state index is -3.36. The molecule has 0 unspecified atom stereocenters. The zero-order valence-electron chi connectivity index (χ0n) is 14.0. The van der Waals surface area contributed by atoms with Crippen LogP contribution in [-0.4, -0.2) is 13.2 Å². The van der Waals surface area contributed by atoms with Crippen LogP contribution in [-0.2, 0) is 15.6 Å². The maximum absolute atomic E-state index is 12.2. The molecule has 0 aliphatic heterocycles. The van der Waals surface area contributed by atoms with Gasteiger partial charge in [0.15, 0.2) is 0 Å². The van der Waals surface area contributed by atoms with Crippen molar-refractivity contribution in [3.8, 4) is 0 Å². The number of nitrogens with one attached hydrogen (secondary N) is 1. The SMILES string of the molecule is CC.Cc1ccc(C(C)(C)NS(=O)(=O)C(C)(C)C)cc1. The molecular weight excluding hydrogens is 270 g/mol. The molecule has 1 rings (SSSR count). The number of aryl methyl sites for hydroxylation is 1. The Bertz CT molecular complexity index is 508. The van der Waals surface area contributed by atoms with Crippen LogP contribution >= 0.6 is 0 Å². The van der Waals surface area contributed by atoms with Gasteiger partial charge in [0.25, 0.3) is 0 Å². The molecule has 1 aromatic rings. The molecule has 0 amide bonds. The van der Waals surface area contributed by atoms with Gasteiger partial charge in [0.1, 0.15) is 0 Å². The van der Waals surface area contributed by atoms with E-state index in [1.807, 2.05) is 58.9 Å². The van der Waals surface area contributed by atoms with Crippen LogP contribution in [0.4, 0.5) is 0 Å². The molecule has 0 fully saturated rings. The summed E-state index contributed by atoms with van der Waals surface area (Å²) in [5.74, 6) is 0. The molecule has 0 atom stereocenters. The summed E-state index contributed by atoms with van der Waals surface area (Å²) in [5, 5.41) is 0. The van der Waals surface area contributed by atoms with Gasteiger partial charge in [-0.2, -0.15) is 0 Å². The van der Waals surface area contributed by atoms with E-state index in [9.17, 15) is 8.42 Å². The fourth-order valence-corrected chi connectivity index (χ4v) is 2.61. The predicted octanol–water partition coefficient (Wildman–Crippen LogP) is 3.97. The summed E-state index contributed by atoms with van der Waals surface area (Å²) in [7, 11) is -3.36. The first kappa shape index (κ1) is 19.1. The van der Waals surface area contributed by atoms with Crippen molar-refractivity contribution < 1.29 is 8.42 Å². The van der Waals surface area contributed by atoms with Crippen LogP contribution in [0, 0.1) is 6.92 Å². The topological polar surface area (TPSA) is 46.2 Å². The molecule has 0 aliphatic carbocycles. The molecule has 0 heterocycles. The van der Waals surface area contributed by atoms with E-state index in [0.717, 1.165) is 11.1 Å². The summed E-state index contributed by atoms with van der Waals surface area (Å²) < 4.78 is 26.4. The predicted molar refractivity (Wildman–Crippen MR) is 87.4 cm³/mol. The largest absolute Gasteiger partial charge is 0.217 e. The van der Waals surface area contributed by atoms with E-state index < -0.39 is 20.3 Å². The Morgan fingerprint density at radius 2 is 1.30 bits per heavy atom. The zero-order chi connectivity index (χ0) is 16.2. The monoisotopic (exact) mass is 299 g/mol. The summed E-state index contributed by atoms with van der Waals surface area (Å²) in [5.41, 5.74) is 1.51. The third kappa shape index (κ3) is 4.91. The molecule has 1 N–H and O–H groups in total. The van der Waals surface area contributed by atoms with Crippen LogP contribution in [0.5, 0.6) is 0 Å². The number of hydrogen-bond donors (Lipinski definition) is 1. The average molecular weight is 299 g/mol. The second-order valence-corrected chi connectivity index (χ2v) is 8.64. The van der Waals surface area contributed by atoms with Gasteiger partial charge in [-0.15, -0.1) is 0 Å². The third-order valence-electron chi connectivity index (χ3n) is 2.97. The van der Waals surface area contributed by atoms with Crippen molar-refractivity contribution in [2.75, 3.05) is 0 Å². The van der Waals surface area contributed by atoms with Gasteiger partial charge in [0.2, 0.25) is 10.0 Å². The van der Waals surface area contributed by atoms with E-state index in [-0.39, 0.29) is 0 Å². The first-order valence-electron chi connectivity index (χ1n) is 7.06. The summed E-state index contributed by atoms with van der Waals surface area (Å²) in [6.07, 6.45) is 0. The van der Waals surface area contributed by atoms with Crippen LogP contribution in [0.3, 0.4) is 0 Å². The van der Waals surface area contributed by atoms with Gasteiger partial charge in [0.05, 0.1) is 10.3 Å². The van der Waals surface area contributed by atoms with Crippen LogP contribution < -0.4 is 4.72 Å². The molecule has 0 spiro atoms. The van der Waals surface area contributed by atoms with Gasteiger partial charge in [-0.05, 0) is 47.1 Å². The van der Waals surface area contributed by atoms with Gasteiger partial charge >= 0.3 is 0 Å². The Morgan fingerprint density at radius 1 is 0.900 bits per heavy atom. The Labute approximate surface area is 124 Å². The summed E-state index contributed by atoms with van der Waals surface area (Å²) in [6, 6.07) is 7.89. The second kappa shape index (κ2) is 6.72. The van der Waals surface area contributed by atoms with Crippen LogP contribution in [0.25, 0.3) is 0 Å². The van der Waals surface area contributed by atoms with E-state index in [1.54, 1.807) is 20.8 Å². The Morgan fingerprint density at radius 3 is 1.65 bits per heavy atom. The number of rotatable bonds is 3. The summed E-state index contributed by atoms with van der Waals surface area (Å²) in [6.45, 7) is 14.8. The van der Waals surface area contributed by atoms with E-state index in [4.69, 9.17) is 0 Å². The molecular formula is C16H29NO2S. The van der Waals surface area contributed by atoms with Crippen molar-refractivity contribution in [1.82, 2.24) is 4.72 Å². The van der Waals surface area contributed by atoms with E-state index in [2.05, 4.69) is 4.72 Å². The second-order valence-electron chi connectivity index (χ2n) is 6.21. The van der Waals surface area contributed by atoms with Crippen molar-refractivity contribution in [1.29, 1.82) is 0 Å². The van der Waals surface area contributed by atoms with Gasteiger partial charge < -0.3 is 0 Å². The maximum Gasteiger partial charge on any atom is 0.217 e. The molecule has 4 heteroatoms. The standard InChI is InChI=1S/C14H23NO2S.C2H6/c1-11-7-9-12(10-8-11)14(5,6)15-18(16,17)13(2,3)4;1-2/h7-10,15H,1-6H3;1-2H3. The summed E-state index contributed by atoms with van der Waals surface area (Å²) in [4.78, 5) is 0. The molecule has 1 aromatic carbocycles. The molecule has 0 saturated heterocycles. The smallest absolute Gasteiger partial charge is 0.212 e. The molecule has 0 aliphatic rings. The highest BCUT2D eigenvalue weighted by atomic mass is 32.2. The Kier molecular flexibility index (Phi) is 6.43. The lowest BCUT2D eigenvalue weighted by Crippen LogP contribution is -2.48. The minimum absolute atomic E-state index is 0.611. The van der Waals surface area contributed by atoms with Crippen molar-refractivity contribution in [3.05, 3.63) is 35.4 Å². The number of hydrogen-bond acceptors (Lipinski definition) is 2. The van der Waals surface area contributed by atoms with E-state index >= 15 is 0 Å². The molecule has 0 aromatic heterocycles. The van der Waals surface area contributed by atoms with Crippen molar-refractivity contribution >= 4 is 10.0 Å². The van der Waals surface area contributed by atoms with Gasteiger partial charge in [-0.25, -0.2) is 13.1 Å². The first-order chi connectivity index (χ1) is 8.96. The number of benzene rings is 1. The fraction of sp³-hybridized carbons (Fsp3) is 0.625. The highest BCUT2D eigenvalue weighted by Gasteiger charge is 2.35. The quantitative estimate of drug-likeness (QED) is 0.917. The molecule has 0 bridgehead atoms. The highest BCUT2D eigenvalue weighted by molar-refractivity contribution is 7.90. The third-order valence-corrected chi connectivity index (χ3v) is 5.36. The normalized spacial score (nSPS) is 12.6. The van der Waals surface area contributed by atoms with Crippen LogP contribution in [0.2, 0.25) is 0 Å². The Balaban J connectivity index is 0.00000172. The van der Waals surface area contributed by atoms with Crippen molar-refractivity contribution in [2.45, 2.75) is 65.7 Å². The Hall–Kier alpha value is -0.870. The average Bonchev–Trinajstić information content (AvgIpc) is 2.29. The molecule has 20 heavy (non-hydrogen) atoms. The van der Waals surface area contributed by atoms with Gasteiger partial charge in [-0.1, -0.05) is 43.7 Å². The van der Waals surface area contributed by atoms with Crippen LogP contribution in [0.1, 0.15) is 59.6 Å². The van der Waals surface area contributed by atoms with Crippen molar-refractivity contribution in [3.63, 3.8) is 0 Å². The fourth-order valence-electron chi connectivity index (χ4n) is 1.52. The first-order valence-corrected chi connectivity index (χ1v) is 8.55. The van der Waals surface area contributed by atoms with Crippen molar-refractivity contribution in [2.24, 2.45) is 0 Å². The zero-order valence-corrected chi connectivity index (χ0v) is 14.9. The lowest BCUT2D eigenvalue weighted by molar-refractivity contribution is 0.457. The molecule has 116 valence electrons. The lowest BCUT2D eigenvalue weighted by atomic mass is 9.95. The maximum atomic E-state index is 12.2. The van der Waals surface area contributed by atoms with Crippen LogP contribution in [0.15, 0.2) is 24.3 Å². The highest BCUT2D eigenvalue weighted by Crippen LogP contribution is 2.25. The van der Waals surface area contributed by atoms with Gasteiger partial charge in [-0.3, -0.25) is 0 Å².